The van der Waals surface area contributed by atoms with E-state index >= 15 is 0 Å². The zero-order valence-electron chi connectivity index (χ0n) is 16.6. The number of ether oxygens (including phenoxy) is 1. The lowest BCUT2D eigenvalue weighted by atomic mass is 10.1. The molecule has 0 radical (unpaired) electrons. The highest BCUT2D eigenvalue weighted by Gasteiger charge is 2.23. The third-order valence-corrected chi connectivity index (χ3v) is 6.49. The minimum Gasteiger partial charge on any atom is -0.495 e. The fourth-order valence-electron chi connectivity index (χ4n) is 2.66. The number of hydrogen-bond acceptors (Lipinski definition) is 5. The number of rotatable bonds is 8. The Morgan fingerprint density at radius 3 is 2.25 bits per heavy atom. The van der Waals surface area contributed by atoms with Crippen molar-refractivity contribution in [3.63, 3.8) is 0 Å². The Kier molecular flexibility index (Phi) is 7.51. The van der Waals surface area contributed by atoms with Gasteiger partial charge in [0.2, 0.25) is 10.0 Å². The summed E-state index contributed by atoms with van der Waals surface area (Å²) in [5.41, 5.74) is 1.21. The van der Waals surface area contributed by atoms with E-state index in [2.05, 4.69) is 10.0 Å². The molecule has 0 saturated carbocycles. The molecular weight excluding hydrogens is 396 g/mol. The van der Waals surface area contributed by atoms with Crippen LogP contribution in [0, 0.1) is 0 Å². The molecule has 0 fully saturated rings. The van der Waals surface area contributed by atoms with E-state index in [4.69, 9.17) is 4.74 Å². The van der Waals surface area contributed by atoms with Crippen molar-refractivity contribution in [3.8, 4) is 5.75 Å². The van der Waals surface area contributed by atoms with Gasteiger partial charge < -0.3 is 10.1 Å². The summed E-state index contributed by atoms with van der Waals surface area (Å²) in [6, 6.07) is 11.8. The first-order valence-electron chi connectivity index (χ1n) is 8.83. The normalized spacial score (nSPS) is 12.6. The quantitative estimate of drug-likeness (QED) is 0.635. The predicted molar refractivity (Wildman–Crippen MR) is 113 cm³/mol. The predicted octanol–water partition coefficient (Wildman–Crippen LogP) is 3.59. The molecule has 0 aliphatic carbocycles. The summed E-state index contributed by atoms with van der Waals surface area (Å²) >= 11 is 1.65. The monoisotopic (exact) mass is 422 g/mol. The topological polar surface area (TPSA) is 84.5 Å². The lowest BCUT2D eigenvalue weighted by Crippen LogP contribution is -2.31. The second kappa shape index (κ2) is 9.45. The molecule has 28 heavy (non-hydrogen) atoms. The Balaban J connectivity index is 2.26. The van der Waals surface area contributed by atoms with Gasteiger partial charge in [-0.15, -0.1) is 11.8 Å². The van der Waals surface area contributed by atoms with Gasteiger partial charge in [-0.2, -0.15) is 0 Å². The van der Waals surface area contributed by atoms with E-state index in [-0.39, 0.29) is 34.2 Å². The summed E-state index contributed by atoms with van der Waals surface area (Å²) in [5.74, 6) is -0.171. The van der Waals surface area contributed by atoms with Gasteiger partial charge in [-0.05, 0) is 62.9 Å². The Morgan fingerprint density at radius 1 is 1.07 bits per heavy atom. The van der Waals surface area contributed by atoms with Crippen LogP contribution in [0.1, 0.15) is 42.7 Å². The third-order valence-electron chi connectivity index (χ3n) is 4.07. The molecule has 8 heteroatoms. The van der Waals surface area contributed by atoms with Gasteiger partial charge in [0.15, 0.2) is 0 Å². The van der Waals surface area contributed by atoms with Gasteiger partial charge >= 0.3 is 0 Å². The standard InChI is InChI=1S/C20H26N2O4S2/c1-13(2)22-28(24,25)19-12-16(8-11-18(19)26-4)20(23)21-14(3)15-6-9-17(27-5)10-7-15/h6-14,22H,1-5H3,(H,21,23)/t14-/m0/s1. The van der Waals surface area contributed by atoms with Crippen molar-refractivity contribution < 1.29 is 17.9 Å². The molecule has 2 aromatic carbocycles. The molecule has 0 bridgehead atoms. The largest absolute Gasteiger partial charge is 0.495 e. The molecule has 0 unspecified atom stereocenters. The van der Waals surface area contributed by atoms with Crippen molar-refractivity contribution in [1.82, 2.24) is 10.0 Å². The molecule has 152 valence electrons. The van der Waals surface area contributed by atoms with Crippen molar-refractivity contribution >= 4 is 27.7 Å². The van der Waals surface area contributed by atoms with Gasteiger partial charge in [-0.25, -0.2) is 13.1 Å². The highest BCUT2D eigenvalue weighted by Crippen LogP contribution is 2.26. The zero-order chi connectivity index (χ0) is 20.9. The van der Waals surface area contributed by atoms with E-state index in [1.165, 1.54) is 19.2 Å². The first-order chi connectivity index (χ1) is 13.2. The third kappa shape index (κ3) is 5.50. The number of carbonyl (C=O) groups excluding carboxylic acids is 1. The summed E-state index contributed by atoms with van der Waals surface area (Å²) in [6.45, 7) is 5.34. The SMILES string of the molecule is COc1ccc(C(=O)N[C@@H](C)c2ccc(SC)cc2)cc1S(=O)(=O)NC(C)C. The smallest absolute Gasteiger partial charge is 0.251 e. The molecular formula is C20H26N2O4S2. The summed E-state index contributed by atoms with van der Waals surface area (Å²) in [4.78, 5) is 13.8. The highest BCUT2D eigenvalue weighted by atomic mass is 32.2. The van der Waals surface area contributed by atoms with E-state index < -0.39 is 10.0 Å². The number of carbonyl (C=O) groups is 1. The summed E-state index contributed by atoms with van der Waals surface area (Å²) in [7, 11) is -2.41. The summed E-state index contributed by atoms with van der Waals surface area (Å²) < 4.78 is 32.8. The molecule has 1 amide bonds. The van der Waals surface area contributed by atoms with Crippen LogP contribution in [0.3, 0.4) is 0 Å². The highest BCUT2D eigenvalue weighted by molar-refractivity contribution is 7.98. The Hall–Kier alpha value is -2.03. The molecule has 2 aromatic rings. The van der Waals surface area contributed by atoms with Crippen molar-refractivity contribution in [2.24, 2.45) is 0 Å². The molecule has 6 nitrogen and oxygen atoms in total. The minimum absolute atomic E-state index is 0.0617. The number of nitrogens with one attached hydrogen (secondary N) is 2. The molecule has 0 aliphatic heterocycles. The van der Waals surface area contributed by atoms with Gasteiger partial charge in [-0.1, -0.05) is 12.1 Å². The van der Waals surface area contributed by atoms with Crippen molar-refractivity contribution in [3.05, 3.63) is 53.6 Å². The number of hydrogen-bond donors (Lipinski definition) is 2. The maximum absolute atomic E-state index is 12.7. The van der Waals surface area contributed by atoms with E-state index in [1.54, 1.807) is 31.7 Å². The molecule has 0 aromatic heterocycles. The molecule has 2 rings (SSSR count). The van der Waals surface area contributed by atoms with E-state index in [0.717, 1.165) is 10.5 Å². The molecule has 2 N–H and O–H groups in total. The van der Waals surface area contributed by atoms with E-state index in [0.29, 0.717) is 0 Å². The van der Waals surface area contributed by atoms with Crippen LogP contribution in [0.2, 0.25) is 0 Å². The van der Waals surface area contributed by atoms with Crippen molar-refractivity contribution in [1.29, 1.82) is 0 Å². The van der Waals surface area contributed by atoms with Gasteiger partial charge in [0.05, 0.1) is 13.2 Å². The average molecular weight is 423 g/mol. The molecule has 0 spiro atoms. The average Bonchev–Trinajstić information content (AvgIpc) is 2.66. The van der Waals surface area contributed by atoms with E-state index in [9.17, 15) is 13.2 Å². The second-order valence-electron chi connectivity index (χ2n) is 6.61. The van der Waals surface area contributed by atoms with Crippen LogP contribution in [-0.4, -0.2) is 33.7 Å². The second-order valence-corrected chi connectivity index (χ2v) is 9.17. The first kappa shape index (κ1) is 22.3. The van der Waals surface area contributed by atoms with Crippen molar-refractivity contribution in [2.45, 2.75) is 42.6 Å². The van der Waals surface area contributed by atoms with Crippen LogP contribution in [0.15, 0.2) is 52.3 Å². The number of benzene rings is 2. The van der Waals surface area contributed by atoms with Crippen LogP contribution in [-0.2, 0) is 10.0 Å². The first-order valence-corrected chi connectivity index (χ1v) is 11.5. The maximum Gasteiger partial charge on any atom is 0.251 e. The van der Waals surface area contributed by atoms with Crippen LogP contribution >= 0.6 is 11.8 Å². The Labute approximate surface area is 171 Å². The molecule has 0 aliphatic rings. The van der Waals surface area contributed by atoms with Crippen molar-refractivity contribution in [2.75, 3.05) is 13.4 Å². The minimum atomic E-state index is -3.80. The van der Waals surface area contributed by atoms with Crippen LogP contribution in [0.5, 0.6) is 5.75 Å². The van der Waals surface area contributed by atoms with Gasteiger partial charge in [-0.3, -0.25) is 4.79 Å². The lowest BCUT2D eigenvalue weighted by molar-refractivity contribution is 0.0939. The van der Waals surface area contributed by atoms with Crippen LogP contribution in [0.25, 0.3) is 0 Å². The molecule has 0 saturated heterocycles. The van der Waals surface area contributed by atoms with Crippen LogP contribution < -0.4 is 14.8 Å². The van der Waals surface area contributed by atoms with Gasteiger partial charge in [0.1, 0.15) is 10.6 Å². The summed E-state index contributed by atoms with van der Waals surface area (Å²) in [5, 5.41) is 2.91. The molecule has 1 atom stereocenters. The number of sulfonamides is 1. The van der Waals surface area contributed by atoms with Gasteiger partial charge in [0.25, 0.3) is 5.91 Å². The lowest BCUT2D eigenvalue weighted by Gasteiger charge is -2.17. The fraction of sp³-hybridized carbons (Fsp3) is 0.350. The maximum atomic E-state index is 12.7. The number of amides is 1. The number of thioether (sulfide) groups is 1. The van der Waals surface area contributed by atoms with E-state index in [1.807, 2.05) is 37.4 Å². The fourth-order valence-corrected chi connectivity index (χ4v) is 4.51. The zero-order valence-corrected chi connectivity index (χ0v) is 18.3. The van der Waals surface area contributed by atoms with Gasteiger partial charge in [0, 0.05) is 16.5 Å². The molecule has 0 heterocycles. The van der Waals surface area contributed by atoms with Crippen LogP contribution in [0.4, 0.5) is 0 Å². The number of methoxy groups -OCH3 is 1. The summed E-state index contributed by atoms with van der Waals surface area (Å²) in [6.07, 6.45) is 2.00. The Bertz CT molecular complexity index is 926. The Morgan fingerprint density at radius 2 is 1.71 bits per heavy atom.